The molecule has 0 spiro atoms. The number of hydrogen-bond acceptors (Lipinski definition) is 3. The molecule has 28 heavy (non-hydrogen) atoms. The Hall–Kier alpha value is -2.79. The average molecular weight is 378 g/mol. The number of amides is 1. The van der Waals surface area contributed by atoms with Crippen LogP contribution in [-0.2, 0) is 29.0 Å². The number of aryl methyl sites for hydroxylation is 1. The predicted octanol–water partition coefficient (Wildman–Crippen LogP) is 3.56. The maximum atomic E-state index is 12.8. The topological polar surface area (TPSA) is 43.7 Å². The van der Waals surface area contributed by atoms with Gasteiger partial charge in [0.1, 0.15) is 5.75 Å². The van der Waals surface area contributed by atoms with Crippen molar-refractivity contribution in [2.24, 2.45) is 0 Å². The van der Waals surface area contributed by atoms with E-state index in [1.54, 1.807) is 7.11 Å². The van der Waals surface area contributed by atoms with Crippen LogP contribution in [-0.4, -0.2) is 42.2 Å². The van der Waals surface area contributed by atoms with Crippen LogP contribution in [0.1, 0.15) is 16.7 Å². The van der Waals surface area contributed by atoms with Crippen LogP contribution in [0.15, 0.2) is 48.7 Å². The summed E-state index contributed by atoms with van der Waals surface area (Å²) in [6.07, 6.45) is 3.06. The maximum Gasteiger partial charge on any atom is 0.260 e. The van der Waals surface area contributed by atoms with E-state index in [1.165, 1.54) is 22.0 Å². The van der Waals surface area contributed by atoms with Gasteiger partial charge in [-0.2, -0.15) is 0 Å². The maximum absolute atomic E-state index is 12.8. The quantitative estimate of drug-likeness (QED) is 0.659. The molecule has 1 aliphatic heterocycles. The lowest BCUT2D eigenvalue weighted by Gasteiger charge is -2.21. The summed E-state index contributed by atoms with van der Waals surface area (Å²) in [7, 11) is 1.73. The molecule has 1 aromatic heterocycles. The van der Waals surface area contributed by atoms with Crippen molar-refractivity contribution in [1.29, 1.82) is 0 Å². The smallest absolute Gasteiger partial charge is 0.260 e. The van der Waals surface area contributed by atoms with Gasteiger partial charge in [-0.1, -0.05) is 24.3 Å². The van der Waals surface area contributed by atoms with Gasteiger partial charge in [-0.25, -0.2) is 0 Å². The molecular formula is C23H26N2O3. The third-order valence-electron chi connectivity index (χ3n) is 5.32. The number of ether oxygens (including phenoxy) is 2. The fourth-order valence-electron chi connectivity index (χ4n) is 3.91. The molecule has 146 valence electrons. The fraction of sp³-hybridized carbons (Fsp3) is 0.348. The van der Waals surface area contributed by atoms with Gasteiger partial charge in [-0.3, -0.25) is 4.79 Å². The second kappa shape index (κ2) is 8.07. The van der Waals surface area contributed by atoms with E-state index >= 15 is 0 Å². The Balaban J connectivity index is 1.50. The van der Waals surface area contributed by atoms with Crippen molar-refractivity contribution in [1.82, 2.24) is 9.47 Å². The summed E-state index contributed by atoms with van der Waals surface area (Å²) >= 11 is 0. The van der Waals surface area contributed by atoms with Crippen LogP contribution < -0.4 is 4.74 Å². The van der Waals surface area contributed by atoms with Crippen LogP contribution >= 0.6 is 0 Å². The number of rotatable bonds is 6. The van der Waals surface area contributed by atoms with Crippen molar-refractivity contribution in [2.75, 3.05) is 26.9 Å². The molecule has 2 heterocycles. The van der Waals surface area contributed by atoms with Gasteiger partial charge in [-0.05, 0) is 48.2 Å². The van der Waals surface area contributed by atoms with E-state index in [4.69, 9.17) is 9.47 Å². The molecule has 1 aliphatic rings. The number of methoxy groups -OCH3 is 1. The highest BCUT2D eigenvalue weighted by molar-refractivity contribution is 5.88. The number of benzene rings is 2. The lowest BCUT2D eigenvalue weighted by molar-refractivity contribution is -0.133. The number of aromatic nitrogens is 1. The molecule has 0 bridgehead atoms. The Morgan fingerprint density at radius 1 is 1.14 bits per heavy atom. The lowest BCUT2D eigenvalue weighted by Crippen LogP contribution is -2.35. The number of carbonyl (C=O) groups excluding carboxylic acids is 1. The fourth-order valence-corrected chi connectivity index (χ4v) is 3.91. The number of carbonyl (C=O) groups is 1. The Morgan fingerprint density at radius 3 is 2.82 bits per heavy atom. The standard InChI is InChI=1S/C23H26N2O3/c1-17-5-3-7-20(13-17)28-16-22(26)25-10-9-19-14-24(11-12-27-2)21-8-4-6-18(15-25)23(19)21/h3-8,13-14H,9-12,15-16H2,1-2H3. The van der Waals surface area contributed by atoms with Crippen LogP contribution in [0.5, 0.6) is 5.75 Å². The second-order valence-corrected chi connectivity index (χ2v) is 7.32. The van der Waals surface area contributed by atoms with Crippen molar-refractivity contribution < 1.29 is 14.3 Å². The molecule has 5 nitrogen and oxygen atoms in total. The van der Waals surface area contributed by atoms with E-state index in [0.717, 1.165) is 24.3 Å². The number of hydrogen-bond donors (Lipinski definition) is 0. The van der Waals surface area contributed by atoms with E-state index in [-0.39, 0.29) is 12.5 Å². The minimum atomic E-state index is 0.0240. The molecule has 1 amide bonds. The molecule has 0 fully saturated rings. The van der Waals surface area contributed by atoms with E-state index in [1.807, 2.05) is 36.1 Å². The Morgan fingerprint density at radius 2 is 2.00 bits per heavy atom. The van der Waals surface area contributed by atoms with Crippen molar-refractivity contribution in [2.45, 2.75) is 26.4 Å². The molecule has 0 N–H and O–H groups in total. The molecule has 4 rings (SSSR count). The zero-order valence-corrected chi connectivity index (χ0v) is 16.5. The summed E-state index contributed by atoms with van der Waals surface area (Å²) in [5.74, 6) is 0.761. The van der Waals surface area contributed by atoms with E-state index in [0.29, 0.717) is 19.7 Å². The third kappa shape index (κ3) is 3.76. The van der Waals surface area contributed by atoms with Crippen molar-refractivity contribution in [3.63, 3.8) is 0 Å². The van der Waals surface area contributed by atoms with Crippen LogP contribution in [0.4, 0.5) is 0 Å². The zero-order chi connectivity index (χ0) is 19.5. The van der Waals surface area contributed by atoms with Gasteiger partial charge in [0.2, 0.25) is 0 Å². The molecule has 2 aromatic carbocycles. The molecule has 0 unspecified atom stereocenters. The van der Waals surface area contributed by atoms with Crippen LogP contribution in [0.2, 0.25) is 0 Å². The minimum Gasteiger partial charge on any atom is -0.484 e. The Labute approximate surface area is 165 Å². The van der Waals surface area contributed by atoms with Gasteiger partial charge in [-0.15, -0.1) is 0 Å². The molecule has 3 aromatic rings. The highest BCUT2D eigenvalue weighted by Gasteiger charge is 2.22. The Kier molecular flexibility index (Phi) is 5.35. The minimum absolute atomic E-state index is 0.0240. The third-order valence-corrected chi connectivity index (χ3v) is 5.32. The average Bonchev–Trinajstić information content (AvgIpc) is 2.94. The molecule has 0 aliphatic carbocycles. The molecule has 5 heteroatoms. The summed E-state index contributed by atoms with van der Waals surface area (Å²) in [5, 5.41) is 1.29. The Bertz CT molecular complexity index is 993. The van der Waals surface area contributed by atoms with E-state index in [2.05, 4.69) is 29.0 Å². The molecule has 0 atom stereocenters. The first-order chi connectivity index (χ1) is 13.7. The first kappa shape index (κ1) is 18.6. The van der Waals surface area contributed by atoms with Gasteiger partial charge in [0.05, 0.1) is 6.61 Å². The molecule has 0 saturated carbocycles. The summed E-state index contributed by atoms with van der Waals surface area (Å²) in [6, 6.07) is 14.1. The van der Waals surface area contributed by atoms with E-state index < -0.39 is 0 Å². The highest BCUT2D eigenvalue weighted by Crippen LogP contribution is 2.29. The monoisotopic (exact) mass is 378 g/mol. The zero-order valence-electron chi connectivity index (χ0n) is 16.5. The van der Waals surface area contributed by atoms with Crippen molar-refractivity contribution in [3.8, 4) is 5.75 Å². The SMILES string of the molecule is COCCn1cc2c3c(cccc31)CN(C(=O)COc1cccc(C)c1)CC2. The van der Waals surface area contributed by atoms with Gasteiger partial charge >= 0.3 is 0 Å². The lowest BCUT2D eigenvalue weighted by atomic mass is 10.1. The van der Waals surface area contributed by atoms with Gasteiger partial charge < -0.3 is 18.9 Å². The van der Waals surface area contributed by atoms with Crippen molar-refractivity contribution in [3.05, 3.63) is 65.4 Å². The van der Waals surface area contributed by atoms with Gasteiger partial charge in [0, 0.05) is 43.8 Å². The first-order valence-corrected chi connectivity index (χ1v) is 9.71. The summed E-state index contributed by atoms with van der Waals surface area (Å²) in [6.45, 7) is 4.93. The van der Waals surface area contributed by atoms with Gasteiger partial charge in [0.25, 0.3) is 5.91 Å². The first-order valence-electron chi connectivity index (χ1n) is 9.71. The van der Waals surface area contributed by atoms with Crippen molar-refractivity contribution >= 4 is 16.8 Å². The van der Waals surface area contributed by atoms with E-state index in [9.17, 15) is 4.79 Å². The molecule has 0 saturated heterocycles. The van der Waals surface area contributed by atoms with Crippen LogP contribution in [0.3, 0.4) is 0 Å². The molecular weight excluding hydrogens is 352 g/mol. The summed E-state index contributed by atoms with van der Waals surface area (Å²) < 4.78 is 13.2. The van der Waals surface area contributed by atoms with Crippen LogP contribution in [0.25, 0.3) is 10.9 Å². The highest BCUT2D eigenvalue weighted by atomic mass is 16.5. The molecule has 0 radical (unpaired) electrons. The second-order valence-electron chi connectivity index (χ2n) is 7.32. The predicted molar refractivity (Wildman–Crippen MR) is 110 cm³/mol. The van der Waals surface area contributed by atoms with Crippen LogP contribution in [0, 0.1) is 6.92 Å². The van der Waals surface area contributed by atoms with Gasteiger partial charge in [0.15, 0.2) is 6.61 Å². The summed E-state index contributed by atoms with van der Waals surface area (Å²) in [5.41, 5.74) is 4.84. The summed E-state index contributed by atoms with van der Waals surface area (Å²) in [4.78, 5) is 14.7. The number of nitrogens with zero attached hydrogens (tertiary/aromatic N) is 2. The normalized spacial score (nSPS) is 13.6. The largest absolute Gasteiger partial charge is 0.484 e.